The van der Waals surface area contributed by atoms with Gasteiger partial charge in [-0.1, -0.05) is 13.8 Å². The maximum atomic E-state index is 11.6. The van der Waals surface area contributed by atoms with Crippen molar-refractivity contribution in [1.29, 1.82) is 0 Å². The predicted octanol–water partition coefficient (Wildman–Crippen LogP) is 0.836. The molecule has 3 nitrogen and oxygen atoms in total. The second-order valence-corrected chi connectivity index (χ2v) is 4.05. The van der Waals surface area contributed by atoms with Crippen LogP contribution in [-0.2, 0) is 9.53 Å². The molecule has 0 radical (unpaired) electrons. The molecule has 13 heavy (non-hydrogen) atoms. The molecule has 0 bridgehead atoms. The SMILES string of the molecule is COC[C@H]1C[C@H](C(=O)C(C)C)CN1. The van der Waals surface area contributed by atoms with Crippen LogP contribution in [0.1, 0.15) is 20.3 Å². The lowest BCUT2D eigenvalue weighted by atomic mass is 9.93. The summed E-state index contributed by atoms with van der Waals surface area (Å²) in [6.07, 6.45) is 0.935. The first-order valence-corrected chi connectivity index (χ1v) is 4.91. The summed E-state index contributed by atoms with van der Waals surface area (Å²) in [6.45, 7) is 5.46. The van der Waals surface area contributed by atoms with E-state index >= 15 is 0 Å². The molecular weight excluding hydrogens is 166 g/mol. The lowest BCUT2D eigenvalue weighted by molar-refractivity contribution is -0.125. The van der Waals surface area contributed by atoms with E-state index in [9.17, 15) is 4.79 Å². The molecule has 0 spiro atoms. The van der Waals surface area contributed by atoms with Crippen LogP contribution >= 0.6 is 0 Å². The van der Waals surface area contributed by atoms with Crippen LogP contribution in [-0.4, -0.2) is 32.1 Å². The van der Waals surface area contributed by atoms with Crippen molar-refractivity contribution in [3.05, 3.63) is 0 Å². The second kappa shape index (κ2) is 4.72. The zero-order valence-electron chi connectivity index (χ0n) is 8.67. The highest BCUT2D eigenvalue weighted by Gasteiger charge is 2.30. The van der Waals surface area contributed by atoms with Gasteiger partial charge in [0.05, 0.1) is 6.61 Å². The van der Waals surface area contributed by atoms with E-state index in [0.29, 0.717) is 18.4 Å². The summed E-state index contributed by atoms with van der Waals surface area (Å²) >= 11 is 0. The molecule has 1 N–H and O–H groups in total. The van der Waals surface area contributed by atoms with Crippen molar-refractivity contribution in [2.75, 3.05) is 20.3 Å². The Kier molecular flexibility index (Phi) is 3.88. The topological polar surface area (TPSA) is 38.3 Å². The van der Waals surface area contributed by atoms with E-state index in [0.717, 1.165) is 13.0 Å². The Bertz CT molecular complexity index is 180. The van der Waals surface area contributed by atoms with Crippen molar-refractivity contribution in [1.82, 2.24) is 5.32 Å². The third-order valence-electron chi connectivity index (χ3n) is 2.56. The summed E-state index contributed by atoms with van der Waals surface area (Å²) in [6, 6.07) is 0.373. The van der Waals surface area contributed by atoms with E-state index < -0.39 is 0 Å². The number of carbonyl (C=O) groups is 1. The summed E-state index contributed by atoms with van der Waals surface area (Å²) in [5.41, 5.74) is 0. The monoisotopic (exact) mass is 185 g/mol. The van der Waals surface area contributed by atoms with Crippen molar-refractivity contribution < 1.29 is 9.53 Å². The van der Waals surface area contributed by atoms with Gasteiger partial charge in [-0.2, -0.15) is 0 Å². The fourth-order valence-corrected chi connectivity index (χ4v) is 1.84. The van der Waals surface area contributed by atoms with Gasteiger partial charge in [-0.15, -0.1) is 0 Å². The number of Topliss-reactive ketones (excluding diaryl/α,β-unsaturated/α-hetero) is 1. The van der Waals surface area contributed by atoms with Crippen LogP contribution in [0.2, 0.25) is 0 Å². The molecule has 0 saturated carbocycles. The Hall–Kier alpha value is -0.410. The van der Waals surface area contributed by atoms with Crippen molar-refractivity contribution >= 4 is 5.78 Å². The number of ether oxygens (including phenoxy) is 1. The Morgan fingerprint density at radius 1 is 1.62 bits per heavy atom. The van der Waals surface area contributed by atoms with Gasteiger partial charge in [0.15, 0.2) is 0 Å². The zero-order valence-corrected chi connectivity index (χ0v) is 8.67. The van der Waals surface area contributed by atoms with E-state index in [2.05, 4.69) is 5.32 Å². The Morgan fingerprint density at radius 3 is 2.85 bits per heavy atom. The fourth-order valence-electron chi connectivity index (χ4n) is 1.84. The Morgan fingerprint density at radius 2 is 2.31 bits per heavy atom. The normalized spacial score (nSPS) is 28.3. The highest BCUT2D eigenvalue weighted by Crippen LogP contribution is 2.18. The number of rotatable bonds is 4. The lowest BCUT2D eigenvalue weighted by Crippen LogP contribution is -2.26. The van der Waals surface area contributed by atoms with Crippen molar-refractivity contribution in [3.63, 3.8) is 0 Å². The van der Waals surface area contributed by atoms with Gasteiger partial charge in [0, 0.05) is 31.5 Å². The average molecular weight is 185 g/mol. The first-order chi connectivity index (χ1) is 6.15. The third-order valence-corrected chi connectivity index (χ3v) is 2.56. The highest BCUT2D eigenvalue weighted by molar-refractivity contribution is 5.83. The van der Waals surface area contributed by atoms with Gasteiger partial charge in [0.2, 0.25) is 0 Å². The molecular formula is C10H19NO2. The minimum absolute atomic E-state index is 0.160. The standard InChI is InChI=1S/C10H19NO2/c1-7(2)10(12)8-4-9(6-13-3)11-5-8/h7-9,11H,4-6H2,1-3H3/t8-,9+/m0/s1. The number of nitrogens with one attached hydrogen (secondary N) is 1. The average Bonchev–Trinajstić information content (AvgIpc) is 2.52. The second-order valence-electron chi connectivity index (χ2n) is 4.05. The van der Waals surface area contributed by atoms with Crippen molar-refractivity contribution in [3.8, 4) is 0 Å². The molecule has 0 aromatic heterocycles. The van der Waals surface area contributed by atoms with Crippen molar-refractivity contribution in [2.24, 2.45) is 11.8 Å². The molecule has 1 aliphatic heterocycles. The molecule has 0 unspecified atom stereocenters. The molecule has 1 fully saturated rings. The number of hydrogen-bond acceptors (Lipinski definition) is 3. The number of hydrogen-bond donors (Lipinski definition) is 1. The number of methoxy groups -OCH3 is 1. The Balaban J connectivity index is 2.36. The van der Waals surface area contributed by atoms with Gasteiger partial charge < -0.3 is 10.1 Å². The molecule has 3 heteroatoms. The minimum Gasteiger partial charge on any atom is -0.383 e. The molecule has 1 saturated heterocycles. The summed E-state index contributed by atoms with van der Waals surface area (Å²) in [5.74, 6) is 0.749. The summed E-state index contributed by atoms with van der Waals surface area (Å²) < 4.78 is 5.04. The fraction of sp³-hybridized carbons (Fsp3) is 0.900. The zero-order chi connectivity index (χ0) is 9.84. The highest BCUT2D eigenvalue weighted by atomic mass is 16.5. The van der Waals surface area contributed by atoms with Crippen LogP contribution in [0.5, 0.6) is 0 Å². The van der Waals surface area contributed by atoms with Crippen LogP contribution < -0.4 is 5.32 Å². The maximum absolute atomic E-state index is 11.6. The van der Waals surface area contributed by atoms with Crippen LogP contribution in [0.4, 0.5) is 0 Å². The van der Waals surface area contributed by atoms with E-state index in [1.807, 2.05) is 13.8 Å². The summed E-state index contributed by atoms with van der Waals surface area (Å²) in [5, 5.41) is 3.30. The Labute approximate surface area is 79.8 Å². The van der Waals surface area contributed by atoms with Crippen LogP contribution in [0.15, 0.2) is 0 Å². The van der Waals surface area contributed by atoms with E-state index in [4.69, 9.17) is 4.74 Å². The number of carbonyl (C=O) groups excluding carboxylic acids is 1. The van der Waals surface area contributed by atoms with E-state index in [-0.39, 0.29) is 11.8 Å². The largest absolute Gasteiger partial charge is 0.383 e. The molecule has 0 aromatic rings. The van der Waals surface area contributed by atoms with Crippen LogP contribution in [0.3, 0.4) is 0 Å². The lowest BCUT2D eigenvalue weighted by Gasteiger charge is -2.10. The molecule has 1 aliphatic rings. The molecule has 1 rings (SSSR count). The molecule has 0 amide bonds. The molecule has 2 atom stereocenters. The van der Waals surface area contributed by atoms with E-state index in [1.54, 1.807) is 7.11 Å². The molecule has 1 heterocycles. The van der Waals surface area contributed by atoms with Gasteiger partial charge in [-0.25, -0.2) is 0 Å². The predicted molar refractivity (Wildman–Crippen MR) is 51.6 cm³/mol. The quantitative estimate of drug-likeness (QED) is 0.705. The molecule has 0 aliphatic carbocycles. The van der Waals surface area contributed by atoms with Gasteiger partial charge in [-0.3, -0.25) is 4.79 Å². The van der Waals surface area contributed by atoms with Crippen LogP contribution in [0, 0.1) is 11.8 Å². The first kappa shape index (κ1) is 10.7. The molecule has 76 valence electrons. The maximum Gasteiger partial charge on any atom is 0.139 e. The molecule has 0 aromatic carbocycles. The van der Waals surface area contributed by atoms with Gasteiger partial charge in [0.25, 0.3) is 0 Å². The van der Waals surface area contributed by atoms with Crippen molar-refractivity contribution in [2.45, 2.75) is 26.3 Å². The smallest absolute Gasteiger partial charge is 0.139 e. The van der Waals surface area contributed by atoms with Gasteiger partial charge >= 0.3 is 0 Å². The summed E-state index contributed by atoms with van der Waals surface area (Å²) in [7, 11) is 1.69. The third kappa shape index (κ3) is 2.78. The number of ketones is 1. The van der Waals surface area contributed by atoms with E-state index in [1.165, 1.54) is 0 Å². The first-order valence-electron chi connectivity index (χ1n) is 4.91. The minimum atomic E-state index is 0.160. The van der Waals surface area contributed by atoms with Gasteiger partial charge in [-0.05, 0) is 6.42 Å². The summed E-state index contributed by atoms with van der Waals surface area (Å²) in [4.78, 5) is 11.6. The van der Waals surface area contributed by atoms with Crippen LogP contribution in [0.25, 0.3) is 0 Å². The van der Waals surface area contributed by atoms with Gasteiger partial charge in [0.1, 0.15) is 5.78 Å².